The third kappa shape index (κ3) is 3.22. The van der Waals surface area contributed by atoms with Gasteiger partial charge in [0.2, 0.25) is 0 Å². The molecule has 1 fully saturated rings. The topological polar surface area (TPSA) is 20.3 Å². The molecule has 0 aliphatic carbocycles. The first-order chi connectivity index (χ1) is 9.40. The number of hydrogen-bond donors (Lipinski definition) is 0. The maximum Gasteiger partial charge on any atom is 0.266 e. The summed E-state index contributed by atoms with van der Waals surface area (Å²) in [6.45, 7) is 4.58. The Morgan fingerprint density at radius 2 is 2.20 bits per heavy atom. The van der Waals surface area contributed by atoms with Gasteiger partial charge in [-0.15, -0.1) is 0 Å². The number of rotatable bonds is 3. The van der Waals surface area contributed by atoms with Gasteiger partial charge in [-0.25, -0.2) is 4.39 Å². The molecule has 1 aromatic carbocycles. The van der Waals surface area contributed by atoms with Gasteiger partial charge in [0.1, 0.15) is 10.1 Å². The van der Waals surface area contributed by atoms with Crippen LogP contribution >= 0.6 is 35.6 Å². The summed E-state index contributed by atoms with van der Waals surface area (Å²) in [5, 5.41) is 0.277. The van der Waals surface area contributed by atoms with E-state index < -0.39 is 5.82 Å². The van der Waals surface area contributed by atoms with Crippen LogP contribution in [0, 0.1) is 11.7 Å². The lowest BCUT2D eigenvalue weighted by Gasteiger charge is -2.16. The van der Waals surface area contributed by atoms with Crippen molar-refractivity contribution in [3.8, 4) is 0 Å². The second-order valence-corrected chi connectivity index (χ2v) is 6.90. The van der Waals surface area contributed by atoms with Crippen molar-refractivity contribution in [2.45, 2.75) is 13.8 Å². The average Bonchev–Trinajstić information content (AvgIpc) is 2.61. The van der Waals surface area contributed by atoms with E-state index >= 15 is 0 Å². The first-order valence-electron chi connectivity index (χ1n) is 6.09. The van der Waals surface area contributed by atoms with Gasteiger partial charge in [-0.3, -0.25) is 9.69 Å². The van der Waals surface area contributed by atoms with Crippen LogP contribution in [0.5, 0.6) is 0 Å². The molecule has 1 aromatic rings. The monoisotopic (exact) mass is 329 g/mol. The largest absolute Gasteiger partial charge is 0.293 e. The summed E-state index contributed by atoms with van der Waals surface area (Å²) >= 11 is 12.3. The molecule has 1 aliphatic heterocycles. The Morgan fingerprint density at radius 3 is 2.80 bits per heavy atom. The van der Waals surface area contributed by atoms with Crippen molar-refractivity contribution in [2.75, 3.05) is 6.54 Å². The van der Waals surface area contributed by atoms with Crippen molar-refractivity contribution >= 4 is 51.9 Å². The van der Waals surface area contributed by atoms with Crippen LogP contribution in [0.25, 0.3) is 6.08 Å². The predicted octanol–water partition coefficient (Wildman–Crippen LogP) is 4.34. The van der Waals surface area contributed by atoms with Crippen molar-refractivity contribution in [1.82, 2.24) is 4.90 Å². The summed E-state index contributed by atoms with van der Waals surface area (Å²) in [5.74, 6) is -0.325. The first kappa shape index (κ1) is 15.5. The summed E-state index contributed by atoms with van der Waals surface area (Å²) < 4.78 is 14.2. The van der Waals surface area contributed by atoms with Gasteiger partial charge in [0.05, 0.1) is 9.93 Å². The maximum atomic E-state index is 13.7. The third-order valence-electron chi connectivity index (χ3n) is 2.70. The molecule has 2 nitrogen and oxygen atoms in total. The van der Waals surface area contributed by atoms with Crippen molar-refractivity contribution in [2.24, 2.45) is 5.92 Å². The molecule has 0 unspecified atom stereocenters. The molecule has 106 valence electrons. The predicted molar refractivity (Wildman–Crippen MR) is 86.1 cm³/mol. The zero-order valence-electron chi connectivity index (χ0n) is 11.0. The minimum absolute atomic E-state index is 0.187. The molecule has 20 heavy (non-hydrogen) atoms. The molecule has 2 rings (SSSR count). The Bertz CT molecular complexity index is 581. The molecule has 1 saturated heterocycles. The van der Waals surface area contributed by atoms with E-state index in [0.717, 1.165) is 0 Å². The van der Waals surface area contributed by atoms with Crippen molar-refractivity contribution < 1.29 is 9.18 Å². The number of benzene rings is 1. The standard InChI is InChI=1S/C14H13ClFNOS2/c1-8(2)7-17-13(18)12(20-14(17)19)6-9-10(15)4-3-5-11(9)16/h3-6,8H,7H2,1-2H3. The zero-order valence-corrected chi connectivity index (χ0v) is 13.4. The number of thiocarbonyl (C=S) groups is 1. The van der Waals surface area contributed by atoms with Crippen molar-refractivity contribution in [3.63, 3.8) is 0 Å². The molecular weight excluding hydrogens is 317 g/mol. The molecule has 1 amide bonds. The SMILES string of the molecule is CC(C)CN1C(=O)C(=Cc2c(F)cccc2Cl)SC1=S. The fraction of sp³-hybridized carbons (Fsp3) is 0.286. The van der Waals surface area contributed by atoms with E-state index in [1.807, 2.05) is 13.8 Å². The van der Waals surface area contributed by atoms with Crippen LogP contribution in [-0.2, 0) is 4.79 Å². The van der Waals surface area contributed by atoms with Crippen molar-refractivity contribution in [3.05, 3.63) is 39.5 Å². The molecule has 0 bridgehead atoms. The van der Waals surface area contributed by atoms with Crippen LogP contribution in [0.3, 0.4) is 0 Å². The minimum atomic E-state index is -0.452. The van der Waals surface area contributed by atoms with Crippen molar-refractivity contribution in [1.29, 1.82) is 0 Å². The lowest BCUT2D eigenvalue weighted by atomic mass is 10.2. The Balaban J connectivity index is 2.33. The van der Waals surface area contributed by atoms with Crippen LogP contribution in [0.15, 0.2) is 23.1 Å². The number of carbonyl (C=O) groups excluding carboxylic acids is 1. The Morgan fingerprint density at radius 1 is 1.50 bits per heavy atom. The molecule has 0 N–H and O–H groups in total. The molecule has 0 spiro atoms. The summed E-state index contributed by atoms with van der Waals surface area (Å²) in [6.07, 6.45) is 1.47. The van der Waals surface area contributed by atoms with Crippen LogP contribution in [0.2, 0.25) is 5.02 Å². The summed E-state index contributed by atoms with van der Waals surface area (Å²) in [4.78, 5) is 14.2. The van der Waals surface area contributed by atoms with Gasteiger partial charge in [-0.05, 0) is 24.1 Å². The molecule has 1 heterocycles. The summed E-state index contributed by atoms with van der Waals surface area (Å²) in [7, 11) is 0. The molecular formula is C14H13ClFNOS2. The Kier molecular flexibility index (Phi) is 4.83. The van der Waals surface area contributed by atoms with E-state index in [2.05, 4.69) is 0 Å². The number of nitrogens with zero attached hydrogens (tertiary/aromatic N) is 1. The van der Waals surface area contributed by atoms with Crippen LogP contribution < -0.4 is 0 Å². The van der Waals surface area contributed by atoms with Gasteiger partial charge in [0.25, 0.3) is 5.91 Å². The minimum Gasteiger partial charge on any atom is -0.293 e. The second kappa shape index (κ2) is 6.24. The molecule has 0 radical (unpaired) electrons. The lowest BCUT2D eigenvalue weighted by Crippen LogP contribution is -2.31. The fourth-order valence-electron chi connectivity index (χ4n) is 1.80. The number of halogens is 2. The van der Waals surface area contributed by atoms with E-state index in [4.69, 9.17) is 23.8 Å². The van der Waals surface area contributed by atoms with Crippen LogP contribution in [-0.4, -0.2) is 21.7 Å². The number of amides is 1. The van der Waals surface area contributed by atoms with Gasteiger partial charge >= 0.3 is 0 Å². The number of thioether (sulfide) groups is 1. The lowest BCUT2D eigenvalue weighted by molar-refractivity contribution is -0.122. The maximum absolute atomic E-state index is 13.7. The van der Waals surface area contributed by atoms with E-state index in [0.29, 0.717) is 21.7 Å². The Labute approximate surface area is 132 Å². The van der Waals surface area contributed by atoms with E-state index in [9.17, 15) is 9.18 Å². The second-order valence-electron chi connectivity index (χ2n) is 4.82. The highest BCUT2D eigenvalue weighted by atomic mass is 35.5. The van der Waals surface area contributed by atoms with Gasteiger partial charge in [0, 0.05) is 12.1 Å². The van der Waals surface area contributed by atoms with Gasteiger partial charge in [-0.1, -0.05) is 55.5 Å². The van der Waals surface area contributed by atoms with Crippen LogP contribution in [0.4, 0.5) is 4.39 Å². The van der Waals surface area contributed by atoms with E-state index in [-0.39, 0.29) is 16.5 Å². The van der Waals surface area contributed by atoms with E-state index in [1.165, 1.54) is 30.0 Å². The van der Waals surface area contributed by atoms with Gasteiger partial charge < -0.3 is 0 Å². The molecule has 6 heteroatoms. The molecule has 0 saturated carbocycles. The van der Waals surface area contributed by atoms with Crippen LogP contribution in [0.1, 0.15) is 19.4 Å². The summed E-state index contributed by atoms with van der Waals surface area (Å²) in [5.41, 5.74) is 0.221. The average molecular weight is 330 g/mol. The van der Waals surface area contributed by atoms with Gasteiger partial charge in [0.15, 0.2) is 0 Å². The highest BCUT2D eigenvalue weighted by Crippen LogP contribution is 2.34. The quantitative estimate of drug-likeness (QED) is 0.608. The smallest absolute Gasteiger partial charge is 0.266 e. The molecule has 0 atom stereocenters. The fourth-order valence-corrected chi connectivity index (χ4v) is 3.28. The number of carbonyl (C=O) groups is 1. The Hall–Kier alpha value is -0.910. The first-order valence-corrected chi connectivity index (χ1v) is 7.69. The number of hydrogen-bond acceptors (Lipinski definition) is 3. The van der Waals surface area contributed by atoms with Gasteiger partial charge in [-0.2, -0.15) is 0 Å². The molecule has 0 aromatic heterocycles. The highest BCUT2D eigenvalue weighted by molar-refractivity contribution is 8.26. The normalized spacial score (nSPS) is 17.6. The zero-order chi connectivity index (χ0) is 14.9. The molecule has 1 aliphatic rings. The van der Waals surface area contributed by atoms with E-state index in [1.54, 1.807) is 11.0 Å². The highest BCUT2D eigenvalue weighted by Gasteiger charge is 2.32. The summed E-state index contributed by atoms with van der Waals surface area (Å²) in [6, 6.07) is 4.43. The third-order valence-corrected chi connectivity index (χ3v) is 4.40.